The van der Waals surface area contributed by atoms with E-state index in [0.29, 0.717) is 13.0 Å². The van der Waals surface area contributed by atoms with Crippen LogP contribution in [0.4, 0.5) is 0 Å². The molecule has 1 heterocycles. The van der Waals surface area contributed by atoms with Crippen LogP contribution in [-0.2, 0) is 23.7 Å². The number of unbranched alkanes of at least 4 members (excludes halogenated alkanes) is 25. The molecule has 4 N–H and O–H groups in total. The Morgan fingerprint density at radius 3 is 1.48 bits per heavy atom. The Kier molecular flexibility index (Phi) is 41.6. The number of carbonyl (C=O) groups is 1. The normalized spacial score (nSPS) is 20.1. The minimum absolute atomic E-state index is 0.122. The first-order valence-corrected chi connectivity index (χ1v) is 25.7. The first-order chi connectivity index (χ1) is 30.4. The molecule has 0 amide bonds. The summed E-state index contributed by atoms with van der Waals surface area (Å²) in [6, 6.07) is 0. The number of aliphatic hydroxyl groups excluding tert-OH is 4. The maximum atomic E-state index is 12.8. The summed E-state index contributed by atoms with van der Waals surface area (Å²) in [5, 5.41) is 40.2. The highest BCUT2D eigenvalue weighted by Gasteiger charge is 2.44. The number of ether oxygens (including phenoxy) is 4. The highest BCUT2D eigenvalue weighted by molar-refractivity contribution is 5.69. The highest BCUT2D eigenvalue weighted by Crippen LogP contribution is 2.23. The Bertz CT molecular complexity index is 1090. The van der Waals surface area contributed by atoms with Gasteiger partial charge < -0.3 is 39.4 Å². The summed E-state index contributed by atoms with van der Waals surface area (Å²) in [6.07, 6.45) is 48.6. The van der Waals surface area contributed by atoms with Crippen LogP contribution in [0, 0.1) is 0 Å². The average molecular weight is 877 g/mol. The van der Waals surface area contributed by atoms with Gasteiger partial charge in [0.05, 0.1) is 19.8 Å². The summed E-state index contributed by atoms with van der Waals surface area (Å²) >= 11 is 0. The van der Waals surface area contributed by atoms with Gasteiger partial charge in [-0.15, -0.1) is 0 Å². The predicted molar refractivity (Wildman–Crippen MR) is 256 cm³/mol. The summed E-state index contributed by atoms with van der Waals surface area (Å²) in [7, 11) is 0. The fourth-order valence-corrected chi connectivity index (χ4v) is 7.78. The molecule has 0 saturated carbocycles. The maximum absolute atomic E-state index is 12.8. The lowest BCUT2D eigenvalue weighted by Gasteiger charge is -2.39. The number of hydrogen-bond donors (Lipinski definition) is 4. The van der Waals surface area contributed by atoms with Crippen LogP contribution < -0.4 is 0 Å². The molecule has 1 aliphatic rings. The molecule has 6 unspecified atom stereocenters. The van der Waals surface area contributed by atoms with Crippen molar-refractivity contribution in [3.05, 3.63) is 48.6 Å². The Balaban J connectivity index is 2.20. The summed E-state index contributed by atoms with van der Waals surface area (Å²) in [5.74, 6) is -0.334. The zero-order valence-corrected chi connectivity index (χ0v) is 39.9. The average Bonchev–Trinajstić information content (AvgIpc) is 3.27. The van der Waals surface area contributed by atoms with E-state index < -0.39 is 43.4 Å². The van der Waals surface area contributed by atoms with Gasteiger partial charge in [0, 0.05) is 13.0 Å². The van der Waals surface area contributed by atoms with Crippen molar-refractivity contribution in [2.45, 2.75) is 256 Å². The number of hydrogen-bond acceptors (Lipinski definition) is 9. The fourth-order valence-electron chi connectivity index (χ4n) is 7.78. The molecule has 9 heteroatoms. The molecule has 9 nitrogen and oxygen atoms in total. The van der Waals surface area contributed by atoms with Gasteiger partial charge in [0.1, 0.15) is 30.5 Å². The van der Waals surface area contributed by atoms with E-state index in [-0.39, 0.29) is 19.2 Å². The van der Waals surface area contributed by atoms with Gasteiger partial charge in [0.2, 0.25) is 0 Å². The van der Waals surface area contributed by atoms with Gasteiger partial charge in [0.15, 0.2) is 6.29 Å². The zero-order chi connectivity index (χ0) is 45.0. The number of aliphatic hydroxyl groups is 4. The first kappa shape index (κ1) is 58.2. The van der Waals surface area contributed by atoms with E-state index in [1.54, 1.807) is 0 Å². The van der Waals surface area contributed by atoms with E-state index in [9.17, 15) is 25.2 Å². The zero-order valence-electron chi connectivity index (χ0n) is 39.9. The van der Waals surface area contributed by atoms with Crippen molar-refractivity contribution in [2.24, 2.45) is 0 Å². The van der Waals surface area contributed by atoms with Crippen molar-refractivity contribution < 1.29 is 44.2 Å². The Morgan fingerprint density at radius 1 is 0.532 bits per heavy atom. The maximum Gasteiger partial charge on any atom is 0.306 e. The third-order valence-electron chi connectivity index (χ3n) is 11.8. The highest BCUT2D eigenvalue weighted by atomic mass is 16.7. The first-order valence-electron chi connectivity index (χ1n) is 25.7. The van der Waals surface area contributed by atoms with E-state index in [0.717, 1.165) is 70.6 Å². The lowest BCUT2D eigenvalue weighted by atomic mass is 9.99. The summed E-state index contributed by atoms with van der Waals surface area (Å²) in [5.41, 5.74) is 0. The molecule has 0 aromatic rings. The van der Waals surface area contributed by atoms with Crippen molar-refractivity contribution in [3.8, 4) is 0 Å². The third kappa shape index (κ3) is 34.5. The van der Waals surface area contributed by atoms with Crippen molar-refractivity contribution >= 4 is 5.97 Å². The van der Waals surface area contributed by atoms with E-state index in [2.05, 4.69) is 62.5 Å². The van der Waals surface area contributed by atoms with E-state index >= 15 is 0 Å². The molecule has 6 atom stereocenters. The molecule has 1 fully saturated rings. The summed E-state index contributed by atoms with van der Waals surface area (Å²) in [6.45, 7) is 4.45. The fraction of sp³-hybridized carbons (Fsp3) is 0.830. The molecule has 0 aromatic heterocycles. The third-order valence-corrected chi connectivity index (χ3v) is 11.8. The Hall–Kier alpha value is -1.85. The van der Waals surface area contributed by atoms with Crippen LogP contribution >= 0.6 is 0 Å². The molecule has 0 radical (unpaired) electrons. The lowest BCUT2D eigenvalue weighted by molar-refractivity contribution is -0.305. The quantitative estimate of drug-likeness (QED) is 0.0268. The minimum atomic E-state index is -1.54. The van der Waals surface area contributed by atoms with Crippen molar-refractivity contribution in [3.63, 3.8) is 0 Å². The predicted octanol–water partition coefficient (Wildman–Crippen LogP) is 12.5. The van der Waals surface area contributed by atoms with Gasteiger partial charge >= 0.3 is 5.97 Å². The van der Waals surface area contributed by atoms with Gasteiger partial charge in [-0.25, -0.2) is 0 Å². The molecular formula is C53H96O9. The smallest absolute Gasteiger partial charge is 0.306 e. The van der Waals surface area contributed by atoms with Gasteiger partial charge in [-0.05, 0) is 51.4 Å². The van der Waals surface area contributed by atoms with Crippen molar-refractivity contribution in [1.82, 2.24) is 0 Å². The number of carbonyl (C=O) groups excluding carboxylic acids is 1. The van der Waals surface area contributed by atoms with Gasteiger partial charge in [0.25, 0.3) is 0 Å². The Labute approximate surface area is 380 Å². The topological polar surface area (TPSA) is 135 Å². The molecule has 0 aromatic carbocycles. The van der Waals surface area contributed by atoms with Crippen LogP contribution in [0.1, 0.15) is 219 Å². The van der Waals surface area contributed by atoms with E-state index in [1.807, 2.05) is 0 Å². The molecule has 62 heavy (non-hydrogen) atoms. The van der Waals surface area contributed by atoms with Crippen LogP contribution in [0.15, 0.2) is 48.6 Å². The van der Waals surface area contributed by atoms with Crippen LogP contribution in [-0.4, -0.2) is 89.6 Å². The molecule has 1 aliphatic heterocycles. The second kappa shape index (κ2) is 44.4. The van der Waals surface area contributed by atoms with Gasteiger partial charge in [-0.3, -0.25) is 4.79 Å². The van der Waals surface area contributed by atoms with Crippen LogP contribution in [0.2, 0.25) is 0 Å². The monoisotopic (exact) mass is 877 g/mol. The second-order valence-electron chi connectivity index (χ2n) is 17.6. The molecular weight excluding hydrogens is 781 g/mol. The Morgan fingerprint density at radius 2 is 0.984 bits per heavy atom. The largest absolute Gasteiger partial charge is 0.457 e. The van der Waals surface area contributed by atoms with E-state index in [1.165, 1.54) is 128 Å². The van der Waals surface area contributed by atoms with Gasteiger partial charge in [-0.2, -0.15) is 0 Å². The molecule has 1 saturated heterocycles. The molecule has 0 spiro atoms. The molecule has 362 valence electrons. The number of allylic oxidation sites excluding steroid dienone is 8. The van der Waals surface area contributed by atoms with E-state index in [4.69, 9.17) is 18.9 Å². The molecule has 0 bridgehead atoms. The number of rotatable bonds is 44. The van der Waals surface area contributed by atoms with Crippen LogP contribution in [0.3, 0.4) is 0 Å². The standard InChI is InChI=1S/C53H96O9/c1-3-5-7-9-11-13-15-17-19-21-22-23-24-25-27-29-31-33-35-37-39-41-43-59-45-47(46-60-53-52(58)51(57)50(56)48(44-54)62-53)61-49(55)42-40-38-36-34-32-30-28-26-20-18-16-14-12-10-8-6-4-2/h6,8,12,14,18,20,28,30,47-48,50-54,56-58H,3-5,7,9-11,13,15-17,19,21-27,29,31-46H2,1-2H3/b8-6-,14-12-,20-18-,30-28-. The lowest BCUT2D eigenvalue weighted by Crippen LogP contribution is -2.59. The molecule has 0 aliphatic carbocycles. The summed E-state index contributed by atoms with van der Waals surface area (Å²) in [4.78, 5) is 12.8. The van der Waals surface area contributed by atoms with Crippen molar-refractivity contribution in [1.29, 1.82) is 0 Å². The second-order valence-corrected chi connectivity index (χ2v) is 17.6. The SMILES string of the molecule is CC/C=C\C/C=C\C/C=C\C/C=C\CCCCCCC(=O)OC(COCCCCCCCCCCCCCCCCCCCCCCCC)COC1OC(CO)C(O)C(O)C1O. The minimum Gasteiger partial charge on any atom is -0.457 e. The van der Waals surface area contributed by atoms with Crippen LogP contribution in [0.25, 0.3) is 0 Å². The molecule has 1 rings (SSSR count). The van der Waals surface area contributed by atoms with Gasteiger partial charge in [-0.1, -0.05) is 210 Å². The summed E-state index contributed by atoms with van der Waals surface area (Å²) < 4.78 is 22.9. The van der Waals surface area contributed by atoms with Crippen LogP contribution in [0.5, 0.6) is 0 Å². The number of esters is 1. The van der Waals surface area contributed by atoms with Crippen molar-refractivity contribution in [2.75, 3.05) is 26.4 Å².